The molecule has 0 bridgehead atoms. The molecular formula is C17H25F2NO2. The maximum atomic E-state index is 12.7. The van der Waals surface area contributed by atoms with Gasteiger partial charge in [-0.05, 0) is 37.2 Å². The first-order valence-electron chi connectivity index (χ1n) is 7.77. The van der Waals surface area contributed by atoms with Crippen LogP contribution in [0.25, 0.3) is 0 Å². The lowest BCUT2D eigenvalue weighted by molar-refractivity contribution is -0.141. The second kappa shape index (κ2) is 9.51. The molecular weight excluding hydrogens is 288 g/mol. The molecule has 1 aromatic rings. The maximum Gasteiger partial charge on any atom is 0.307 e. The van der Waals surface area contributed by atoms with Crippen LogP contribution in [0.1, 0.15) is 50.2 Å². The number of carboxylic acids is 1. The molecule has 0 fully saturated rings. The Morgan fingerprint density at radius 2 is 2.00 bits per heavy atom. The van der Waals surface area contributed by atoms with E-state index in [-0.39, 0.29) is 12.1 Å². The average Bonchev–Trinajstić information content (AvgIpc) is 2.50. The van der Waals surface area contributed by atoms with Gasteiger partial charge in [-0.3, -0.25) is 4.79 Å². The number of hydrogen-bond acceptors (Lipinski definition) is 2. The van der Waals surface area contributed by atoms with Crippen LogP contribution in [0.2, 0.25) is 0 Å². The van der Waals surface area contributed by atoms with E-state index in [1.54, 1.807) is 12.1 Å². The topological polar surface area (TPSA) is 63.3 Å². The van der Waals surface area contributed by atoms with Crippen LogP contribution in [-0.2, 0) is 11.2 Å². The second-order valence-electron chi connectivity index (χ2n) is 5.71. The van der Waals surface area contributed by atoms with Crippen LogP contribution in [0.4, 0.5) is 8.78 Å². The molecule has 0 aliphatic heterocycles. The molecule has 2 unspecified atom stereocenters. The van der Waals surface area contributed by atoms with Gasteiger partial charge in [0.25, 0.3) is 6.43 Å². The van der Waals surface area contributed by atoms with Crippen molar-refractivity contribution in [3.8, 4) is 0 Å². The number of carbonyl (C=O) groups is 1. The largest absolute Gasteiger partial charge is 0.481 e. The van der Waals surface area contributed by atoms with E-state index < -0.39 is 18.3 Å². The van der Waals surface area contributed by atoms with Gasteiger partial charge in [0.2, 0.25) is 0 Å². The SMILES string of the molecule is CCC(CCc1cccc(C(F)F)c1)CCC(CN)C(=O)O. The number of carboxylic acid groups (broad SMARTS) is 1. The zero-order valence-electron chi connectivity index (χ0n) is 13.0. The summed E-state index contributed by atoms with van der Waals surface area (Å²) in [5, 5.41) is 9.00. The molecule has 0 saturated heterocycles. The average molecular weight is 313 g/mol. The highest BCUT2D eigenvalue weighted by Crippen LogP contribution is 2.23. The van der Waals surface area contributed by atoms with E-state index in [1.165, 1.54) is 6.07 Å². The molecule has 1 rings (SSSR count). The van der Waals surface area contributed by atoms with Crippen molar-refractivity contribution in [3.05, 3.63) is 35.4 Å². The monoisotopic (exact) mass is 313 g/mol. The van der Waals surface area contributed by atoms with Crippen LogP contribution < -0.4 is 5.73 Å². The summed E-state index contributed by atoms with van der Waals surface area (Å²) in [4.78, 5) is 11.0. The second-order valence-corrected chi connectivity index (χ2v) is 5.71. The number of aryl methyl sites for hydroxylation is 1. The number of hydrogen-bond donors (Lipinski definition) is 2. The molecule has 0 aromatic heterocycles. The van der Waals surface area contributed by atoms with Crippen LogP contribution in [0.15, 0.2) is 24.3 Å². The van der Waals surface area contributed by atoms with E-state index in [0.29, 0.717) is 12.3 Å². The molecule has 3 N–H and O–H groups in total. The molecule has 124 valence electrons. The minimum atomic E-state index is -2.44. The van der Waals surface area contributed by atoms with Gasteiger partial charge in [0.05, 0.1) is 5.92 Å². The third kappa shape index (κ3) is 6.10. The highest BCUT2D eigenvalue weighted by molar-refractivity contribution is 5.70. The van der Waals surface area contributed by atoms with E-state index in [0.717, 1.165) is 31.2 Å². The normalized spacial score (nSPS) is 14.0. The van der Waals surface area contributed by atoms with Crippen LogP contribution in [0.5, 0.6) is 0 Å². The zero-order valence-corrected chi connectivity index (χ0v) is 13.0. The molecule has 2 atom stereocenters. The summed E-state index contributed by atoms with van der Waals surface area (Å²) >= 11 is 0. The predicted octanol–water partition coefficient (Wildman–Crippen LogP) is 4.02. The summed E-state index contributed by atoms with van der Waals surface area (Å²) in [5.41, 5.74) is 6.42. The minimum Gasteiger partial charge on any atom is -0.481 e. The molecule has 1 aromatic carbocycles. The number of halogens is 2. The molecule has 0 spiro atoms. The van der Waals surface area contributed by atoms with E-state index >= 15 is 0 Å². The van der Waals surface area contributed by atoms with E-state index in [9.17, 15) is 13.6 Å². The summed E-state index contributed by atoms with van der Waals surface area (Å²) < 4.78 is 25.3. The number of aliphatic carboxylic acids is 1. The Labute approximate surface area is 130 Å². The molecule has 0 saturated carbocycles. The van der Waals surface area contributed by atoms with Crippen molar-refractivity contribution in [2.24, 2.45) is 17.6 Å². The Morgan fingerprint density at radius 1 is 1.27 bits per heavy atom. The van der Waals surface area contributed by atoms with E-state index in [1.807, 2.05) is 6.07 Å². The number of rotatable bonds is 10. The summed E-state index contributed by atoms with van der Waals surface area (Å²) in [7, 11) is 0. The quantitative estimate of drug-likeness (QED) is 0.685. The lowest BCUT2D eigenvalue weighted by atomic mass is 9.89. The molecule has 0 amide bonds. The Bertz CT molecular complexity index is 466. The van der Waals surface area contributed by atoms with Crippen LogP contribution >= 0.6 is 0 Å². The fourth-order valence-corrected chi connectivity index (χ4v) is 2.59. The molecule has 0 heterocycles. The Morgan fingerprint density at radius 3 is 2.55 bits per heavy atom. The Balaban J connectivity index is 2.49. The van der Waals surface area contributed by atoms with Crippen molar-refractivity contribution in [1.29, 1.82) is 0 Å². The van der Waals surface area contributed by atoms with Gasteiger partial charge in [0, 0.05) is 12.1 Å². The number of benzene rings is 1. The molecule has 5 heteroatoms. The third-order valence-electron chi connectivity index (χ3n) is 4.18. The van der Waals surface area contributed by atoms with E-state index in [4.69, 9.17) is 10.8 Å². The van der Waals surface area contributed by atoms with Gasteiger partial charge in [-0.15, -0.1) is 0 Å². The van der Waals surface area contributed by atoms with Gasteiger partial charge in [0.1, 0.15) is 0 Å². The molecule has 0 aliphatic rings. The van der Waals surface area contributed by atoms with Crippen molar-refractivity contribution in [1.82, 2.24) is 0 Å². The van der Waals surface area contributed by atoms with Gasteiger partial charge < -0.3 is 10.8 Å². The zero-order chi connectivity index (χ0) is 16.5. The smallest absolute Gasteiger partial charge is 0.307 e. The lowest BCUT2D eigenvalue weighted by Gasteiger charge is -2.17. The molecule has 3 nitrogen and oxygen atoms in total. The predicted molar refractivity (Wildman–Crippen MR) is 82.9 cm³/mol. The van der Waals surface area contributed by atoms with Crippen molar-refractivity contribution >= 4 is 5.97 Å². The maximum absolute atomic E-state index is 12.7. The fraction of sp³-hybridized carbons (Fsp3) is 0.588. The van der Waals surface area contributed by atoms with Crippen molar-refractivity contribution in [2.75, 3.05) is 6.54 Å². The molecule has 0 aliphatic carbocycles. The van der Waals surface area contributed by atoms with Crippen LogP contribution in [0, 0.1) is 11.8 Å². The fourth-order valence-electron chi connectivity index (χ4n) is 2.59. The van der Waals surface area contributed by atoms with Gasteiger partial charge in [-0.25, -0.2) is 8.78 Å². The Kier molecular flexibility index (Phi) is 8.02. The third-order valence-corrected chi connectivity index (χ3v) is 4.18. The highest BCUT2D eigenvalue weighted by Gasteiger charge is 2.17. The van der Waals surface area contributed by atoms with Crippen molar-refractivity contribution in [2.45, 2.75) is 45.5 Å². The van der Waals surface area contributed by atoms with Crippen molar-refractivity contribution < 1.29 is 18.7 Å². The van der Waals surface area contributed by atoms with Crippen molar-refractivity contribution in [3.63, 3.8) is 0 Å². The molecule has 22 heavy (non-hydrogen) atoms. The van der Waals surface area contributed by atoms with E-state index in [2.05, 4.69) is 6.92 Å². The number of alkyl halides is 2. The summed E-state index contributed by atoms with van der Waals surface area (Å²) in [5.74, 6) is -0.943. The van der Waals surface area contributed by atoms with Gasteiger partial charge in [0.15, 0.2) is 0 Å². The van der Waals surface area contributed by atoms with Gasteiger partial charge in [-0.1, -0.05) is 37.6 Å². The highest BCUT2D eigenvalue weighted by atomic mass is 19.3. The van der Waals surface area contributed by atoms with Crippen LogP contribution in [0.3, 0.4) is 0 Å². The van der Waals surface area contributed by atoms with Crippen LogP contribution in [-0.4, -0.2) is 17.6 Å². The Hall–Kier alpha value is -1.49. The lowest BCUT2D eigenvalue weighted by Crippen LogP contribution is -2.24. The van der Waals surface area contributed by atoms with Gasteiger partial charge in [-0.2, -0.15) is 0 Å². The minimum absolute atomic E-state index is 0.0552. The number of nitrogens with two attached hydrogens (primary N) is 1. The van der Waals surface area contributed by atoms with Gasteiger partial charge >= 0.3 is 5.97 Å². The first kappa shape index (κ1) is 18.6. The standard InChI is InChI=1S/C17H25F2NO2/c1-2-12(8-9-15(11-20)17(21)22)6-7-13-4-3-5-14(10-13)16(18)19/h3-5,10,12,15-16H,2,6-9,11,20H2,1H3,(H,21,22). The first-order chi connectivity index (χ1) is 10.5. The summed E-state index contributed by atoms with van der Waals surface area (Å²) in [6.45, 7) is 2.22. The molecule has 0 radical (unpaired) electrons. The first-order valence-corrected chi connectivity index (χ1v) is 7.77. The summed E-state index contributed by atoms with van der Waals surface area (Å²) in [6.07, 6.45) is 1.49. The summed E-state index contributed by atoms with van der Waals surface area (Å²) in [6, 6.07) is 6.51.